The molecule has 6 heteroatoms. The van der Waals surface area contributed by atoms with E-state index in [-0.39, 0.29) is 18.0 Å². The van der Waals surface area contributed by atoms with Crippen molar-refractivity contribution in [2.24, 2.45) is 5.92 Å². The van der Waals surface area contributed by atoms with Gasteiger partial charge in [-0.1, -0.05) is 37.3 Å². The highest BCUT2D eigenvalue weighted by molar-refractivity contribution is 5.94. The molecule has 34 heavy (non-hydrogen) atoms. The molecule has 184 valence electrons. The molecular formula is C28H38N2O4. The third-order valence-electron chi connectivity index (χ3n) is 5.93. The van der Waals surface area contributed by atoms with Gasteiger partial charge in [-0.3, -0.25) is 4.79 Å². The summed E-state index contributed by atoms with van der Waals surface area (Å²) in [7, 11) is 0. The topological polar surface area (TPSA) is 67.9 Å². The molecule has 1 atom stereocenters. The van der Waals surface area contributed by atoms with Gasteiger partial charge in [0.05, 0.1) is 12.6 Å². The van der Waals surface area contributed by atoms with Crippen LogP contribution in [0.3, 0.4) is 0 Å². The molecular weight excluding hydrogens is 428 g/mol. The number of carbonyl (C=O) groups excluding carboxylic acids is 2. The normalized spacial score (nSPS) is 15.5. The van der Waals surface area contributed by atoms with Crippen molar-refractivity contribution in [1.82, 2.24) is 10.2 Å². The molecule has 1 fully saturated rings. The predicted octanol–water partition coefficient (Wildman–Crippen LogP) is 5.98. The highest BCUT2D eigenvalue weighted by atomic mass is 16.6. The first-order valence-electron chi connectivity index (χ1n) is 12.3. The van der Waals surface area contributed by atoms with Gasteiger partial charge in [0.2, 0.25) is 0 Å². The van der Waals surface area contributed by atoms with Crippen molar-refractivity contribution in [2.75, 3.05) is 19.7 Å². The van der Waals surface area contributed by atoms with E-state index in [2.05, 4.69) is 24.4 Å². The summed E-state index contributed by atoms with van der Waals surface area (Å²) in [5.74, 6) is 1.09. The molecule has 1 N–H and O–H groups in total. The molecule has 6 nitrogen and oxygen atoms in total. The van der Waals surface area contributed by atoms with Crippen LogP contribution in [0.25, 0.3) is 0 Å². The first kappa shape index (κ1) is 25.6. The maximum Gasteiger partial charge on any atom is 0.410 e. The van der Waals surface area contributed by atoms with Crippen molar-refractivity contribution < 1.29 is 19.1 Å². The number of ether oxygens (including phenoxy) is 2. The maximum absolute atomic E-state index is 13.0. The van der Waals surface area contributed by atoms with Gasteiger partial charge in [-0.05, 0) is 82.2 Å². The number of hydrogen-bond donors (Lipinski definition) is 1. The highest BCUT2D eigenvalue weighted by Gasteiger charge is 2.29. The van der Waals surface area contributed by atoms with Gasteiger partial charge in [0.25, 0.3) is 5.91 Å². The molecule has 0 bridgehead atoms. The minimum Gasteiger partial charge on any atom is -0.494 e. The van der Waals surface area contributed by atoms with E-state index in [9.17, 15) is 9.59 Å². The summed E-state index contributed by atoms with van der Waals surface area (Å²) in [6, 6.07) is 17.3. The van der Waals surface area contributed by atoms with Crippen molar-refractivity contribution in [3.8, 4) is 5.75 Å². The molecule has 0 aliphatic carbocycles. The fourth-order valence-electron chi connectivity index (χ4n) is 4.14. The Balaban J connectivity index is 1.61. The summed E-state index contributed by atoms with van der Waals surface area (Å²) in [4.78, 5) is 27.2. The second-order valence-electron chi connectivity index (χ2n) is 9.96. The van der Waals surface area contributed by atoms with E-state index in [0.717, 1.165) is 37.0 Å². The molecule has 2 amide bonds. The molecule has 1 heterocycles. The van der Waals surface area contributed by atoms with Crippen LogP contribution in [0, 0.1) is 5.92 Å². The van der Waals surface area contributed by atoms with Crippen LogP contribution >= 0.6 is 0 Å². The fourth-order valence-corrected chi connectivity index (χ4v) is 4.14. The van der Waals surface area contributed by atoms with Crippen molar-refractivity contribution in [3.63, 3.8) is 0 Å². The molecule has 2 aromatic carbocycles. The lowest BCUT2D eigenvalue weighted by Gasteiger charge is -2.35. The Labute approximate surface area is 203 Å². The molecule has 1 saturated heterocycles. The van der Waals surface area contributed by atoms with Gasteiger partial charge >= 0.3 is 6.09 Å². The van der Waals surface area contributed by atoms with Crippen molar-refractivity contribution in [2.45, 2.75) is 65.0 Å². The van der Waals surface area contributed by atoms with Crippen LogP contribution in [0.15, 0.2) is 54.6 Å². The first-order chi connectivity index (χ1) is 16.2. The zero-order valence-corrected chi connectivity index (χ0v) is 20.9. The quantitative estimate of drug-likeness (QED) is 0.519. The fraction of sp³-hybridized carbons (Fsp3) is 0.500. The SMILES string of the molecule is CCCOc1ccc(C(=O)NC(CC2CCN(C(=O)OC(C)(C)C)CC2)c2ccccc2)cc1. The molecule has 0 radical (unpaired) electrons. The van der Waals surface area contributed by atoms with Crippen LogP contribution in [0.2, 0.25) is 0 Å². The van der Waals surface area contributed by atoms with Crippen LogP contribution in [0.1, 0.15) is 75.3 Å². The van der Waals surface area contributed by atoms with Crippen molar-refractivity contribution >= 4 is 12.0 Å². The van der Waals surface area contributed by atoms with Crippen LogP contribution < -0.4 is 10.1 Å². The lowest BCUT2D eigenvalue weighted by molar-refractivity contribution is 0.0178. The van der Waals surface area contributed by atoms with Crippen molar-refractivity contribution in [1.29, 1.82) is 0 Å². The number of nitrogens with one attached hydrogen (secondary N) is 1. The van der Waals surface area contributed by atoms with Gasteiger partial charge < -0.3 is 19.7 Å². The number of carbonyl (C=O) groups is 2. The average molecular weight is 467 g/mol. The molecule has 1 unspecified atom stereocenters. The Morgan fingerprint density at radius 2 is 1.68 bits per heavy atom. The third kappa shape index (κ3) is 7.79. The van der Waals surface area contributed by atoms with E-state index in [1.54, 1.807) is 4.90 Å². The zero-order valence-electron chi connectivity index (χ0n) is 20.9. The molecule has 0 aromatic heterocycles. The second-order valence-corrected chi connectivity index (χ2v) is 9.96. The number of rotatable bonds is 8. The summed E-state index contributed by atoms with van der Waals surface area (Å²) in [6.45, 7) is 9.73. The van der Waals surface area contributed by atoms with Crippen LogP contribution in [-0.2, 0) is 4.74 Å². The standard InChI is InChI=1S/C28H38N2O4/c1-5-19-33-24-13-11-23(12-14-24)26(31)29-25(22-9-7-6-8-10-22)20-21-15-17-30(18-16-21)27(32)34-28(2,3)4/h6-14,21,25H,5,15-20H2,1-4H3,(H,29,31). The molecule has 0 saturated carbocycles. The van der Waals surface area contributed by atoms with Gasteiger partial charge in [-0.25, -0.2) is 4.79 Å². The Hall–Kier alpha value is -3.02. The number of likely N-dealkylation sites (tertiary alicyclic amines) is 1. The molecule has 3 rings (SSSR count). The number of benzene rings is 2. The van der Waals surface area contributed by atoms with Gasteiger partial charge in [0.15, 0.2) is 0 Å². The van der Waals surface area contributed by atoms with E-state index < -0.39 is 5.60 Å². The summed E-state index contributed by atoms with van der Waals surface area (Å²) in [5, 5.41) is 3.24. The minimum atomic E-state index is -0.489. The van der Waals surface area contributed by atoms with E-state index in [0.29, 0.717) is 31.2 Å². The van der Waals surface area contributed by atoms with Crippen LogP contribution in [0.5, 0.6) is 5.75 Å². The lowest BCUT2D eigenvalue weighted by Crippen LogP contribution is -2.42. The number of amides is 2. The van der Waals surface area contributed by atoms with Gasteiger partial charge in [-0.15, -0.1) is 0 Å². The third-order valence-corrected chi connectivity index (χ3v) is 5.93. The van der Waals surface area contributed by atoms with Gasteiger partial charge in [-0.2, -0.15) is 0 Å². The lowest BCUT2D eigenvalue weighted by atomic mass is 9.87. The zero-order chi connectivity index (χ0) is 24.6. The Bertz CT molecular complexity index is 914. The Morgan fingerprint density at radius 3 is 2.26 bits per heavy atom. The molecule has 0 spiro atoms. The monoisotopic (exact) mass is 466 g/mol. The summed E-state index contributed by atoms with van der Waals surface area (Å²) in [5.41, 5.74) is 1.22. The molecule has 1 aliphatic heterocycles. The highest BCUT2D eigenvalue weighted by Crippen LogP contribution is 2.29. The largest absolute Gasteiger partial charge is 0.494 e. The average Bonchev–Trinajstić information content (AvgIpc) is 2.82. The van der Waals surface area contributed by atoms with Gasteiger partial charge in [0.1, 0.15) is 11.4 Å². The van der Waals surface area contributed by atoms with E-state index >= 15 is 0 Å². The van der Waals surface area contributed by atoms with Crippen molar-refractivity contribution in [3.05, 3.63) is 65.7 Å². The van der Waals surface area contributed by atoms with E-state index in [1.165, 1.54) is 0 Å². The van der Waals surface area contributed by atoms with Crippen LogP contribution in [-0.4, -0.2) is 42.2 Å². The number of hydrogen-bond acceptors (Lipinski definition) is 4. The maximum atomic E-state index is 13.0. The summed E-state index contributed by atoms with van der Waals surface area (Å²) in [6.07, 6.45) is 3.31. The Kier molecular flexibility index (Phi) is 8.97. The van der Waals surface area contributed by atoms with E-state index in [1.807, 2.05) is 63.2 Å². The molecule has 1 aliphatic rings. The van der Waals surface area contributed by atoms with Gasteiger partial charge in [0, 0.05) is 18.7 Å². The predicted molar refractivity (Wildman–Crippen MR) is 134 cm³/mol. The Morgan fingerprint density at radius 1 is 1.03 bits per heavy atom. The van der Waals surface area contributed by atoms with E-state index in [4.69, 9.17) is 9.47 Å². The van der Waals surface area contributed by atoms with Crippen LogP contribution in [0.4, 0.5) is 4.79 Å². The summed E-state index contributed by atoms with van der Waals surface area (Å²) < 4.78 is 11.1. The smallest absolute Gasteiger partial charge is 0.410 e. The second kappa shape index (κ2) is 11.9. The first-order valence-corrected chi connectivity index (χ1v) is 12.3. The minimum absolute atomic E-state index is 0.0946. The summed E-state index contributed by atoms with van der Waals surface area (Å²) >= 11 is 0. The molecule has 2 aromatic rings. The number of piperidine rings is 1. The number of nitrogens with zero attached hydrogens (tertiary/aromatic N) is 1.